The predicted octanol–water partition coefficient (Wildman–Crippen LogP) is 3.14. The molecule has 0 aliphatic rings. The van der Waals surface area contributed by atoms with Crippen molar-refractivity contribution in [2.45, 2.75) is 19.5 Å². The highest BCUT2D eigenvalue weighted by atomic mass is 35.5. The van der Waals surface area contributed by atoms with Crippen molar-refractivity contribution in [2.75, 3.05) is 20.6 Å². The number of fused-ring (bicyclic) bond motifs is 1. The number of hydrogen-bond donors (Lipinski definition) is 1. The Bertz CT molecular complexity index is 921. The third kappa shape index (κ3) is 3.71. The van der Waals surface area contributed by atoms with Crippen LogP contribution in [0.3, 0.4) is 0 Å². The predicted molar refractivity (Wildman–Crippen MR) is 103 cm³/mol. The lowest BCUT2D eigenvalue weighted by atomic mass is 10.1. The Hall–Kier alpha value is -2.44. The van der Waals surface area contributed by atoms with Crippen molar-refractivity contribution in [1.29, 1.82) is 0 Å². The van der Waals surface area contributed by atoms with Gasteiger partial charge in [0.1, 0.15) is 5.52 Å². The van der Waals surface area contributed by atoms with Crippen LogP contribution in [0, 0.1) is 0 Å². The van der Waals surface area contributed by atoms with E-state index in [1.807, 2.05) is 56.3 Å². The summed E-state index contributed by atoms with van der Waals surface area (Å²) in [6.45, 7) is 3.20. The van der Waals surface area contributed by atoms with Crippen LogP contribution in [-0.2, 0) is 6.54 Å². The van der Waals surface area contributed by atoms with E-state index in [0.717, 1.165) is 23.1 Å². The zero-order valence-electron chi connectivity index (χ0n) is 15.1. The fraction of sp³-hybridized carbons (Fsp3) is 0.316. The summed E-state index contributed by atoms with van der Waals surface area (Å²) in [6, 6.07) is 13.1. The van der Waals surface area contributed by atoms with Crippen LogP contribution in [0.15, 0.2) is 42.5 Å². The number of halogens is 1. The summed E-state index contributed by atoms with van der Waals surface area (Å²) in [5.74, 6) is -0.142. The molecule has 0 saturated heterocycles. The molecule has 2 aromatic carbocycles. The Balaban J connectivity index is 1.75. The average Bonchev–Trinajstić information content (AvgIpc) is 3.05. The van der Waals surface area contributed by atoms with Gasteiger partial charge in [-0.3, -0.25) is 4.79 Å². The van der Waals surface area contributed by atoms with Crippen LogP contribution >= 0.6 is 11.6 Å². The van der Waals surface area contributed by atoms with Gasteiger partial charge in [-0.15, -0.1) is 5.10 Å². The van der Waals surface area contributed by atoms with Gasteiger partial charge in [0.25, 0.3) is 5.91 Å². The summed E-state index contributed by atoms with van der Waals surface area (Å²) in [6.07, 6.45) is 0. The second-order valence-electron chi connectivity index (χ2n) is 6.32. The molecule has 0 saturated carbocycles. The summed E-state index contributed by atoms with van der Waals surface area (Å²) in [5.41, 5.74) is 3.19. The summed E-state index contributed by atoms with van der Waals surface area (Å²) in [5, 5.41) is 11.9. The minimum absolute atomic E-state index is 0.0163. The molecule has 26 heavy (non-hydrogen) atoms. The first kappa shape index (κ1) is 18.4. The van der Waals surface area contributed by atoms with Crippen LogP contribution in [0.5, 0.6) is 0 Å². The Labute approximate surface area is 157 Å². The second-order valence-corrected chi connectivity index (χ2v) is 6.73. The van der Waals surface area contributed by atoms with Gasteiger partial charge in [0.2, 0.25) is 0 Å². The number of hydrogen-bond acceptors (Lipinski definition) is 4. The van der Waals surface area contributed by atoms with E-state index in [-0.39, 0.29) is 11.9 Å². The molecule has 1 N–H and O–H groups in total. The molecule has 1 amide bonds. The number of rotatable bonds is 6. The molecule has 1 aromatic heterocycles. The number of benzene rings is 2. The van der Waals surface area contributed by atoms with Gasteiger partial charge in [-0.2, -0.15) is 0 Å². The summed E-state index contributed by atoms with van der Waals surface area (Å²) in [7, 11) is 3.94. The Kier molecular flexibility index (Phi) is 5.54. The molecule has 1 heterocycles. The fourth-order valence-electron chi connectivity index (χ4n) is 2.95. The van der Waals surface area contributed by atoms with Gasteiger partial charge in [-0.1, -0.05) is 35.0 Å². The van der Waals surface area contributed by atoms with Gasteiger partial charge in [-0.05, 0) is 50.8 Å². The van der Waals surface area contributed by atoms with Crippen LogP contribution in [0.2, 0.25) is 5.02 Å². The minimum atomic E-state index is -0.142. The van der Waals surface area contributed by atoms with E-state index in [0.29, 0.717) is 17.1 Å². The number of nitrogens with one attached hydrogen (secondary N) is 1. The van der Waals surface area contributed by atoms with E-state index < -0.39 is 0 Å². The minimum Gasteiger partial charge on any atom is -0.350 e. The number of aromatic nitrogens is 3. The monoisotopic (exact) mass is 371 g/mol. The summed E-state index contributed by atoms with van der Waals surface area (Å²) in [4.78, 5) is 14.6. The van der Waals surface area contributed by atoms with Crippen LogP contribution in [0.1, 0.15) is 28.9 Å². The van der Waals surface area contributed by atoms with Crippen molar-refractivity contribution in [3.8, 4) is 0 Å². The Morgan fingerprint density at radius 3 is 2.73 bits per heavy atom. The molecule has 0 fully saturated rings. The van der Waals surface area contributed by atoms with Gasteiger partial charge in [-0.25, -0.2) is 4.68 Å². The number of carbonyl (C=O) groups excluding carboxylic acids is 1. The van der Waals surface area contributed by atoms with Crippen LogP contribution in [-0.4, -0.2) is 46.4 Å². The third-order valence-corrected chi connectivity index (χ3v) is 4.76. The van der Waals surface area contributed by atoms with Crippen molar-refractivity contribution in [2.24, 2.45) is 0 Å². The van der Waals surface area contributed by atoms with Gasteiger partial charge in [0.05, 0.1) is 11.6 Å². The molecule has 6 nitrogen and oxygen atoms in total. The normalized spacial score (nSPS) is 12.5. The molecular formula is C19H22ClN5O. The van der Waals surface area contributed by atoms with Crippen molar-refractivity contribution >= 4 is 28.5 Å². The van der Waals surface area contributed by atoms with E-state index in [4.69, 9.17) is 11.6 Å². The first-order valence-corrected chi connectivity index (χ1v) is 8.91. The Morgan fingerprint density at radius 2 is 2.04 bits per heavy atom. The van der Waals surface area contributed by atoms with E-state index >= 15 is 0 Å². The SMILES string of the molecule is CCn1nnc2cc(C(=O)NC[C@H](c3ccccc3Cl)N(C)C)ccc21. The molecule has 136 valence electrons. The lowest BCUT2D eigenvalue weighted by Gasteiger charge is -2.26. The molecule has 0 radical (unpaired) electrons. The molecule has 7 heteroatoms. The van der Waals surface area contributed by atoms with Crippen LogP contribution < -0.4 is 5.32 Å². The molecular weight excluding hydrogens is 350 g/mol. The maximum Gasteiger partial charge on any atom is 0.251 e. The average molecular weight is 372 g/mol. The first-order chi connectivity index (χ1) is 12.5. The number of likely N-dealkylation sites (N-methyl/N-ethyl adjacent to an activating group) is 1. The van der Waals surface area contributed by atoms with Crippen molar-refractivity contribution in [1.82, 2.24) is 25.2 Å². The standard InChI is InChI=1S/C19H22ClN5O/c1-4-25-17-10-9-13(11-16(17)22-23-25)19(26)21-12-18(24(2)3)14-7-5-6-8-15(14)20/h5-11,18H,4,12H2,1-3H3,(H,21,26)/t18-/m1/s1. The van der Waals surface area contributed by atoms with E-state index in [1.165, 1.54) is 0 Å². The van der Waals surface area contributed by atoms with Crippen LogP contribution in [0.4, 0.5) is 0 Å². The highest BCUT2D eigenvalue weighted by Gasteiger charge is 2.18. The van der Waals surface area contributed by atoms with Gasteiger partial charge < -0.3 is 10.2 Å². The number of amides is 1. The second kappa shape index (κ2) is 7.85. The lowest BCUT2D eigenvalue weighted by Crippen LogP contribution is -2.34. The lowest BCUT2D eigenvalue weighted by molar-refractivity contribution is 0.0942. The smallest absolute Gasteiger partial charge is 0.251 e. The number of carbonyl (C=O) groups is 1. The molecule has 1 atom stereocenters. The maximum atomic E-state index is 12.6. The van der Waals surface area contributed by atoms with Crippen molar-refractivity contribution < 1.29 is 4.79 Å². The van der Waals surface area contributed by atoms with Gasteiger partial charge in [0.15, 0.2) is 0 Å². The quantitative estimate of drug-likeness (QED) is 0.723. The largest absolute Gasteiger partial charge is 0.350 e. The van der Waals surface area contributed by atoms with Gasteiger partial charge >= 0.3 is 0 Å². The molecule has 3 aromatic rings. The summed E-state index contributed by atoms with van der Waals surface area (Å²) < 4.78 is 1.80. The third-order valence-electron chi connectivity index (χ3n) is 4.42. The van der Waals surface area contributed by atoms with E-state index in [2.05, 4.69) is 15.6 Å². The van der Waals surface area contributed by atoms with Crippen molar-refractivity contribution in [3.63, 3.8) is 0 Å². The summed E-state index contributed by atoms with van der Waals surface area (Å²) >= 11 is 6.32. The molecule has 0 aliphatic heterocycles. The highest BCUT2D eigenvalue weighted by Crippen LogP contribution is 2.25. The molecule has 3 rings (SSSR count). The van der Waals surface area contributed by atoms with E-state index in [9.17, 15) is 4.79 Å². The Morgan fingerprint density at radius 1 is 1.27 bits per heavy atom. The van der Waals surface area contributed by atoms with Crippen molar-refractivity contribution in [3.05, 3.63) is 58.6 Å². The zero-order valence-corrected chi connectivity index (χ0v) is 15.9. The molecule has 0 spiro atoms. The van der Waals surface area contributed by atoms with E-state index in [1.54, 1.807) is 16.8 Å². The first-order valence-electron chi connectivity index (χ1n) is 8.53. The highest BCUT2D eigenvalue weighted by molar-refractivity contribution is 6.31. The number of aryl methyl sites for hydroxylation is 1. The number of nitrogens with zero attached hydrogens (tertiary/aromatic N) is 4. The van der Waals surface area contributed by atoms with Gasteiger partial charge in [0, 0.05) is 23.7 Å². The fourth-order valence-corrected chi connectivity index (χ4v) is 3.22. The maximum absolute atomic E-state index is 12.6. The molecule has 0 bridgehead atoms. The molecule has 0 aliphatic carbocycles. The zero-order chi connectivity index (χ0) is 18.7. The topological polar surface area (TPSA) is 63.1 Å². The van der Waals surface area contributed by atoms with Crippen LogP contribution in [0.25, 0.3) is 11.0 Å². The molecule has 0 unspecified atom stereocenters.